The minimum Gasteiger partial charge on any atom is -0.351 e. The van der Waals surface area contributed by atoms with Crippen molar-refractivity contribution >= 4 is 17.7 Å². The van der Waals surface area contributed by atoms with Crippen molar-refractivity contribution in [3.8, 4) is 0 Å². The first-order valence-electron chi connectivity index (χ1n) is 10.4. The van der Waals surface area contributed by atoms with E-state index in [0.29, 0.717) is 26.1 Å². The molecule has 2 heterocycles. The lowest BCUT2D eigenvalue weighted by atomic mass is 9.94. The molecule has 2 aromatic rings. The molecule has 3 rings (SSSR count). The molecule has 1 aliphatic heterocycles. The van der Waals surface area contributed by atoms with Gasteiger partial charge in [0, 0.05) is 19.6 Å². The summed E-state index contributed by atoms with van der Waals surface area (Å²) in [5.74, 6) is -0.948. The van der Waals surface area contributed by atoms with Crippen molar-refractivity contribution in [3.63, 3.8) is 0 Å². The van der Waals surface area contributed by atoms with Crippen molar-refractivity contribution in [2.45, 2.75) is 52.2 Å². The van der Waals surface area contributed by atoms with E-state index < -0.39 is 5.54 Å². The highest BCUT2D eigenvalue weighted by molar-refractivity contribution is 6.07. The molecule has 1 aromatic carbocycles. The molecule has 0 fully saturated rings. The first kappa shape index (κ1) is 21.5. The van der Waals surface area contributed by atoms with Crippen molar-refractivity contribution in [1.29, 1.82) is 0 Å². The first-order valence-corrected chi connectivity index (χ1v) is 10.4. The number of amides is 3. The molecule has 0 bridgehead atoms. The Hall–Kier alpha value is -3.16. The number of imidazole rings is 1. The van der Waals surface area contributed by atoms with Crippen LogP contribution in [0, 0.1) is 0 Å². The van der Waals surface area contributed by atoms with E-state index in [0.717, 1.165) is 12.0 Å². The number of nitrogens with zero attached hydrogens (tertiary/aromatic N) is 3. The van der Waals surface area contributed by atoms with Gasteiger partial charge >= 0.3 is 0 Å². The third-order valence-electron chi connectivity index (χ3n) is 5.34. The average Bonchev–Trinajstić information content (AvgIpc) is 3.17. The Balaban J connectivity index is 1.87. The molecule has 0 saturated carbocycles. The van der Waals surface area contributed by atoms with Gasteiger partial charge in [-0.15, -0.1) is 0 Å². The van der Waals surface area contributed by atoms with Gasteiger partial charge in [0.1, 0.15) is 11.2 Å². The monoisotopic (exact) mass is 411 g/mol. The molecule has 0 spiro atoms. The summed E-state index contributed by atoms with van der Waals surface area (Å²) >= 11 is 0. The number of benzene rings is 1. The predicted molar refractivity (Wildman–Crippen MR) is 113 cm³/mol. The molecule has 30 heavy (non-hydrogen) atoms. The quantitative estimate of drug-likeness (QED) is 0.694. The Morgan fingerprint density at radius 2 is 1.87 bits per heavy atom. The summed E-state index contributed by atoms with van der Waals surface area (Å²) < 4.78 is 1.62. The van der Waals surface area contributed by atoms with Crippen molar-refractivity contribution < 1.29 is 14.4 Å². The van der Waals surface area contributed by atoms with E-state index in [4.69, 9.17) is 0 Å². The zero-order valence-electron chi connectivity index (χ0n) is 17.8. The summed E-state index contributed by atoms with van der Waals surface area (Å²) in [6.45, 7) is 7.22. The molecule has 1 atom stereocenters. The van der Waals surface area contributed by atoms with Gasteiger partial charge in [0.2, 0.25) is 5.91 Å². The highest BCUT2D eigenvalue weighted by atomic mass is 16.2. The number of aromatic nitrogens is 2. The fourth-order valence-electron chi connectivity index (χ4n) is 3.72. The summed E-state index contributed by atoms with van der Waals surface area (Å²) in [7, 11) is 0. The number of hydrogen-bond donors (Lipinski definition) is 2. The Labute approximate surface area is 176 Å². The normalized spacial score (nSPS) is 18.1. The predicted octanol–water partition coefficient (Wildman–Crippen LogP) is 1.96. The van der Waals surface area contributed by atoms with E-state index in [1.165, 1.54) is 6.33 Å². The Morgan fingerprint density at radius 3 is 2.53 bits per heavy atom. The van der Waals surface area contributed by atoms with Crippen LogP contribution in [0.15, 0.2) is 36.7 Å². The van der Waals surface area contributed by atoms with Crippen LogP contribution >= 0.6 is 0 Å². The zero-order valence-corrected chi connectivity index (χ0v) is 17.8. The van der Waals surface area contributed by atoms with Crippen LogP contribution in [0.2, 0.25) is 0 Å². The number of rotatable bonds is 8. The van der Waals surface area contributed by atoms with Gasteiger partial charge in [0.25, 0.3) is 11.8 Å². The van der Waals surface area contributed by atoms with Crippen molar-refractivity contribution in [2.75, 3.05) is 13.1 Å². The smallest absolute Gasteiger partial charge is 0.273 e. The molecule has 0 aliphatic carbocycles. The Kier molecular flexibility index (Phi) is 6.54. The zero-order chi connectivity index (χ0) is 21.7. The van der Waals surface area contributed by atoms with E-state index in [1.807, 2.05) is 44.2 Å². The summed E-state index contributed by atoms with van der Waals surface area (Å²) in [5, 5.41) is 5.73. The van der Waals surface area contributed by atoms with Crippen molar-refractivity contribution in [1.82, 2.24) is 25.1 Å². The highest BCUT2D eigenvalue weighted by Crippen LogP contribution is 2.29. The van der Waals surface area contributed by atoms with Crippen LogP contribution in [-0.4, -0.2) is 50.8 Å². The molecule has 8 heteroatoms. The van der Waals surface area contributed by atoms with Gasteiger partial charge in [-0.2, -0.15) is 0 Å². The van der Waals surface area contributed by atoms with Crippen LogP contribution in [-0.2, 0) is 17.9 Å². The molecular weight excluding hydrogens is 382 g/mol. The number of hydrogen-bond acceptors (Lipinski definition) is 4. The van der Waals surface area contributed by atoms with E-state index in [2.05, 4.69) is 15.6 Å². The van der Waals surface area contributed by atoms with Crippen LogP contribution in [0.5, 0.6) is 0 Å². The standard InChI is InChI=1S/C22H29N5O3/c1-4-11-23-19(28)17-18-20(29)27(12-5-2)22(3,14-26(18)15-25-17)21(30)24-13-16-9-7-6-8-10-16/h6-10,15H,4-5,11-14H2,1-3H3,(H,23,28)(H,24,30). The molecule has 8 nitrogen and oxygen atoms in total. The lowest BCUT2D eigenvalue weighted by molar-refractivity contribution is -0.133. The molecular formula is C22H29N5O3. The molecule has 1 unspecified atom stereocenters. The molecule has 1 aromatic heterocycles. The minimum absolute atomic E-state index is 0.112. The van der Waals surface area contributed by atoms with Gasteiger partial charge < -0.3 is 20.1 Å². The Bertz CT molecular complexity index is 924. The molecule has 2 N–H and O–H groups in total. The van der Waals surface area contributed by atoms with Crippen LogP contribution in [0.3, 0.4) is 0 Å². The molecule has 160 valence electrons. The lowest BCUT2D eigenvalue weighted by Gasteiger charge is -2.43. The third-order valence-corrected chi connectivity index (χ3v) is 5.34. The largest absolute Gasteiger partial charge is 0.351 e. The van der Waals surface area contributed by atoms with Gasteiger partial charge in [-0.05, 0) is 25.3 Å². The van der Waals surface area contributed by atoms with Crippen LogP contribution in [0.4, 0.5) is 0 Å². The second kappa shape index (κ2) is 9.11. The first-order chi connectivity index (χ1) is 14.4. The fourth-order valence-corrected chi connectivity index (χ4v) is 3.72. The Morgan fingerprint density at radius 1 is 1.13 bits per heavy atom. The average molecular weight is 412 g/mol. The van der Waals surface area contributed by atoms with Gasteiger partial charge in [-0.1, -0.05) is 44.2 Å². The number of nitrogens with one attached hydrogen (secondary N) is 2. The fraction of sp³-hybridized carbons (Fsp3) is 0.455. The molecule has 3 amide bonds. The van der Waals surface area contributed by atoms with Gasteiger partial charge in [-0.25, -0.2) is 4.98 Å². The summed E-state index contributed by atoms with van der Waals surface area (Å²) in [5.41, 5.74) is 0.260. The van der Waals surface area contributed by atoms with Crippen molar-refractivity contribution in [3.05, 3.63) is 53.6 Å². The van der Waals surface area contributed by atoms with Gasteiger partial charge in [0.15, 0.2) is 5.69 Å². The minimum atomic E-state index is -1.08. The van der Waals surface area contributed by atoms with Crippen LogP contribution in [0.25, 0.3) is 0 Å². The van der Waals surface area contributed by atoms with Crippen LogP contribution < -0.4 is 10.6 Å². The number of carbonyl (C=O) groups is 3. The van der Waals surface area contributed by atoms with Gasteiger partial charge in [0.05, 0.1) is 12.9 Å². The highest BCUT2D eigenvalue weighted by Gasteiger charge is 2.48. The van der Waals surface area contributed by atoms with Gasteiger partial charge in [-0.3, -0.25) is 14.4 Å². The summed E-state index contributed by atoms with van der Waals surface area (Å²) in [6.07, 6.45) is 2.95. The third kappa shape index (κ3) is 4.08. The summed E-state index contributed by atoms with van der Waals surface area (Å²) in [4.78, 5) is 44.8. The second-order valence-electron chi connectivity index (χ2n) is 7.72. The van der Waals surface area contributed by atoms with E-state index in [-0.39, 0.29) is 35.7 Å². The van der Waals surface area contributed by atoms with E-state index in [9.17, 15) is 14.4 Å². The van der Waals surface area contributed by atoms with Crippen LogP contribution in [0.1, 0.15) is 60.2 Å². The maximum absolute atomic E-state index is 13.4. The maximum Gasteiger partial charge on any atom is 0.273 e. The number of fused-ring (bicyclic) bond motifs is 1. The maximum atomic E-state index is 13.4. The van der Waals surface area contributed by atoms with E-state index in [1.54, 1.807) is 16.4 Å². The van der Waals surface area contributed by atoms with Crippen molar-refractivity contribution in [2.24, 2.45) is 0 Å². The molecule has 1 aliphatic rings. The number of carbonyl (C=O) groups excluding carboxylic acids is 3. The topological polar surface area (TPSA) is 96.3 Å². The van der Waals surface area contributed by atoms with E-state index >= 15 is 0 Å². The lowest BCUT2D eigenvalue weighted by Crippen LogP contribution is -2.64. The molecule has 0 saturated heterocycles. The summed E-state index contributed by atoms with van der Waals surface area (Å²) in [6, 6.07) is 9.63. The molecule has 0 radical (unpaired) electrons. The second-order valence-corrected chi connectivity index (χ2v) is 7.72. The SMILES string of the molecule is CCCNC(=O)c1ncn2c1C(=O)N(CCC)C(C)(C(=O)NCc1ccccc1)C2.